The maximum absolute atomic E-state index is 12.7. The van der Waals surface area contributed by atoms with E-state index in [0.717, 1.165) is 17.8 Å². The van der Waals surface area contributed by atoms with Crippen molar-refractivity contribution in [3.63, 3.8) is 0 Å². The third kappa shape index (κ3) is 5.57. The van der Waals surface area contributed by atoms with E-state index in [9.17, 15) is 23.2 Å². The van der Waals surface area contributed by atoms with Gasteiger partial charge in [0.2, 0.25) is 0 Å². The SMILES string of the molecule is N#Cc1c(CCCNC(=O)COc2cccc(C(F)(F)F)c2)nn(-c2ccccc2)c1N. The normalized spacial score (nSPS) is 11.1. The number of hydrogen-bond acceptors (Lipinski definition) is 5. The first-order chi connectivity index (χ1) is 15.3. The molecule has 0 spiro atoms. The van der Waals surface area contributed by atoms with Gasteiger partial charge in [-0.1, -0.05) is 24.3 Å². The van der Waals surface area contributed by atoms with E-state index in [0.29, 0.717) is 18.5 Å². The number of rotatable bonds is 8. The monoisotopic (exact) mass is 443 g/mol. The van der Waals surface area contributed by atoms with Gasteiger partial charge in [-0.2, -0.15) is 23.5 Å². The Kier molecular flexibility index (Phi) is 7.00. The van der Waals surface area contributed by atoms with Gasteiger partial charge in [0, 0.05) is 6.54 Å². The van der Waals surface area contributed by atoms with Crippen LogP contribution in [0.2, 0.25) is 0 Å². The molecule has 0 radical (unpaired) electrons. The zero-order chi connectivity index (χ0) is 23.1. The number of halogens is 3. The second kappa shape index (κ2) is 9.87. The minimum absolute atomic E-state index is 0.0458. The highest BCUT2D eigenvalue weighted by molar-refractivity contribution is 5.77. The summed E-state index contributed by atoms with van der Waals surface area (Å²) in [6.07, 6.45) is -3.60. The van der Waals surface area contributed by atoms with Gasteiger partial charge in [0.15, 0.2) is 6.61 Å². The van der Waals surface area contributed by atoms with Gasteiger partial charge in [0.05, 0.1) is 16.9 Å². The molecule has 0 aliphatic carbocycles. The van der Waals surface area contributed by atoms with E-state index in [4.69, 9.17) is 10.5 Å². The van der Waals surface area contributed by atoms with Crippen LogP contribution in [-0.4, -0.2) is 28.8 Å². The third-order valence-corrected chi connectivity index (χ3v) is 4.55. The molecule has 7 nitrogen and oxygen atoms in total. The Balaban J connectivity index is 1.49. The lowest BCUT2D eigenvalue weighted by molar-refractivity contribution is -0.137. The van der Waals surface area contributed by atoms with Crippen LogP contribution < -0.4 is 15.8 Å². The van der Waals surface area contributed by atoms with Crippen molar-refractivity contribution in [3.8, 4) is 17.5 Å². The van der Waals surface area contributed by atoms with Crippen molar-refractivity contribution in [2.45, 2.75) is 19.0 Å². The van der Waals surface area contributed by atoms with Crippen LogP contribution in [-0.2, 0) is 17.4 Å². The molecule has 32 heavy (non-hydrogen) atoms. The average Bonchev–Trinajstić information content (AvgIpc) is 3.10. The lowest BCUT2D eigenvalue weighted by Gasteiger charge is -2.10. The molecular formula is C22H20F3N5O2. The molecular weight excluding hydrogens is 423 g/mol. The summed E-state index contributed by atoms with van der Waals surface area (Å²) in [4.78, 5) is 11.9. The standard InChI is InChI=1S/C22H20F3N5O2/c23-22(24,25)15-6-4-9-17(12-15)32-14-20(31)28-11-5-10-19-18(13-26)21(27)30(29-19)16-7-2-1-3-8-16/h1-4,6-9,12H,5,10-11,14,27H2,(H,28,31). The van der Waals surface area contributed by atoms with E-state index in [2.05, 4.69) is 16.5 Å². The van der Waals surface area contributed by atoms with Crippen molar-refractivity contribution in [1.29, 1.82) is 5.26 Å². The first-order valence-corrected chi connectivity index (χ1v) is 9.69. The van der Waals surface area contributed by atoms with Crippen molar-refractivity contribution in [2.75, 3.05) is 18.9 Å². The molecule has 0 unspecified atom stereocenters. The molecule has 10 heteroatoms. The van der Waals surface area contributed by atoms with Gasteiger partial charge in [-0.3, -0.25) is 4.79 Å². The zero-order valence-corrected chi connectivity index (χ0v) is 16.9. The molecule has 166 valence electrons. The molecule has 0 saturated heterocycles. The summed E-state index contributed by atoms with van der Waals surface area (Å²) in [5, 5.41) is 16.4. The molecule has 0 bridgehead atoms. The van der Waals surface area contributed by atoms with E-state index in [1.54, 1.807) is 0 Å². The summed E-state index contributed by atoms with van der Waals surface area (Å²) in [7, 11) is 0. The van der Waals surface area contributed by atoms with Crippen LogP contribution in [0.4, 0.5) is 19.0 Å². The van der Waals surface area contributed by atoms with Gasteiger partial charge in [-0.05, 0) is 43.2 Å². The van der Waals surface area contributed by atoms with Crippen molar-refractivity contribution in [2.24, 2.45) is 0 Å². The Labute approximate surface area is 182 Å². The maximum atomic E-state index is 12.7. The lowest BCUT2D eigenvalue weighted by atomic mass is 10.1. The largest absolute Gasteiger partial charge is 0.484 e. The molecule has 0 aliphatic heterocycles. The fraction of sp³-hybridized carbons (Fsp3) is 0.227. The molecule has 0 saturated carbocycles. The predicted molar refractivity (Wildman–Crippen MR) is 111 cm³/mol. The second-order valence-corrected chi connectivity index (χ2v) is 6.83. The first kappa shape index (κ1) is 22.7. The highest BCUT2D eigenvalue weighted by Crippen LogP contribution is 2.31. The van der Waals surface area contributed by atoms with Crippen LogP contribution in [0.25, 0.3) is 5.69 Å². The molecule has 3 N–H and O–H groups in total. The molecule has 1 aromatic heterocycles. The van der Waals surface area contributed by atoms with Crippen LogP contribution in [0.1, 0.15) is 23.2 Å². The number of para-hydroxylation sites is 1. The van der Waals surface area contributed by atoms with Crippen molar-refractivity contribution in [3.05, 3.63) is 71.4 Å². The molecule has 0 aliphatic rings. The number of amides is 1. The zero-order valence-electron chi connectivity index (χ0n) is 16.9. The first-order valence-electron chi connectivity index (χ1n) is 9.69. The number of carbonyl (C=O) groups is 1. The number of anilines is 1. The number of nitrogen functional groups attached to an aromatic ring is 1. The molecule has 1 amide bonds. The maximum Gasteiger partial charge on any atom is 0.416 e. The highest BCUT2D eigenvalue weighted by Gasteiger charge is 2.30. The molecule has 0 fully saturated rings. The Hall–Kier alpha value is -4.00. The fourth-order valence-electron chi connectivity index (χ4n) is 2.99. The predicted octanol–water partition coefficient (Wildman–Crippen LogP) is 3.47. The van der Waals surface area contributed by atoms with Crippen LogP contribution in [0.5, 0.6) is 5.75 Å². The minimum atomic E-state index is -4.49. The summed E-state index contributed by atoms with van der Waals surface area (Å²) in [6.45, 7) is -0.145. The number of nitrogens with two attached hydrogens (primary N) is 1. The summed E-state index contributed by atoms with van der Waals surface area (Å²) in [5.41, 5.74) is 6.74. The number of nitrogens with one attached hydrogen (secondary N) is 1. The third-order valence-electron chi connectivity index (χ3n) is 4.55. The molecule has 1 heterocycles. The number of ether oxygens (including phenoxy) is 1. The van der Waals surface area contributed by atoms with Gasteiger partial charge in [-0.15, -0.1) is 0 Å². The summed E-state index contributed by atoms with van der Waals surface area (Å²) >= 11 is 0. The number of nitrogens with zero attached hydrogens (tertiary/aromatic N) is 3. The van der Waals surface area contributed by atoms with Gasteiger partial charge in [-0.25, -0.2) is 4.68 Å². The Bertz CT molecular complexity index is 1120. The molecule has 0 atom stereocenters. The summed E-state index contributed by atoms with van der Waals surface area (Å²) in [6, 6.07) is 15.5. The van der Waals surface area contributed by atoms with Crippen LogP contribution in [0.3, 0.4) is 0 Å². The van der Waals surface area contributed by atoms with Crippen molar-refractivity contribution < 1.29 is 22.7 Å². The van der Waals surface area contributed by atoms with E-state index in [1.807, 2.05) is 30.3 Å². The van der Waals surface area contributed by atoms with E-state index < -0.39 is 24.3 Å². The number of hydrogen-bond donors (Lipinski definition) is 2. The van der Waals surface area contributed by atoms with E-state index >= 15 is 0 Å². The summed E-state index contributed by atoms with van der Waals surface area (Å²) in [5.74, 6) is -0.278. The van der Waals surface area contributed by atoms with Gasteiger partial charge in [0.25, 0.3) is 5.91 Å². The molecule has 2 aromatic carbocycles. The van der Waals surface area contributed by atoms with Gasteiger partial charge < -0.3 is 15.8 Å². The Morgan fingerprint density at radius 1 is 1.19 bits per heavy atom. The molecule has 3 aromatic rings. The van der Waals surface area contributed by atoms with Crippen molar-refractivity contribution >= 4 is 11.7 Å². The number of aryl methyl sites for hydroxylation is 1. The smallest absolute Gasteiger partial charge is 0.416 e. The number of aromatic nitrogens is 2. The van der Waals surface area contributed by atoms with E-state index in [-0.39, 0.29) is 23.7 Å². The minimum Gasteiger partial charge on any atom is -0.484 e. The quantitative estimate of drug-likeness (QED) is 0.519. The topological polar surface area (TPSA) is 106 Å². The van der Waals surface area contributed by atoms with Gasteiger partial charge in [0.1, 0.15) is 23.2 Å². The number of carbonyl (C=O) groups excluding carboxylic acids is 1. The van der Waals surface area contributed by atoms with Crippen LogP contribution in [0.15, 0.2) is 54.6 Å². The second-order valence-electron chi connectivity index (χ2n) is 6.83. The van der Waals surface area contributed by atoms with Gasteiger partial charge >= 0.3 is 6.18 Å². The molecule has 3 rings (SSSR count). The Morgan fingerprint density at radius 3 is 2.62 bits per heavy atom. The number of benzene rings is 2. The number of alkyl halides is 3. The number of nitriles is 1. The summed E-state index contributed by atoms with van der Waals surface area (Å²) < 4.78 is 44.8. The lowest BCUT2D eigenvalue weighted by Crippen LogP contribution is -2.30. The van der Waals surface area contributed by atoms with Crippen LogP contribution in [0, 0.1) is 11.3 Å². The van der Waals surface area contributed by atoms with Crippen LogP contribution >= 0.6 is 0 Å². The van der Waals surface area contributed by atoms with Crippen molar-refractivity contribution in [1.82, 2.24) is 15.1 Å². The van der Waals surface area contributed by atoms with E-state index in [1.165, 1.54) is 16.8 Å². The Morgan fingerprint density at radius 2 is 1.94 bits per heavy atom. The highest BCUT2D eigenvalue weighted by atomic mass is 19.4. The average molecular weight is 443 g/mol. The fourth-order valence-corrected chi connectivity index (χ4v) is 2.99.